The molecule has 1 unspecified atom stereocenters. The Balaban J connectivity index is 1.61. The maximum Gasteiger partial charge on any atom is 0.254 e. The van der Waals surface area contributed by atoms with Gasteiger partial charge < -0.3 is 15.1 Å². The minimum Gasteiger partial charge on any atom is -0.329 e. The van der Waals surface area contributed by atoms with Crippen LogP contribution in [0.1, 0.15) is 34.8 Å². The van der Waals surface area contributed by atoms with Crippen molar-refractivity contribution in [2.75, 3.05) is 31.1 Å². The highest BCUT2D eigenvalue weighted by atomic mass is 19.1. The number of piperazine rings is 1. The molecule has 2 amide bonds. The van der Waals surface area contributed by atoms with Crippen LogP contribution in [-0.2, 0) is 4.79 Å². The van der Waals surface area contributed by atoms with Gasteiger partial charge in [-0.2, -0.15) is 0 Å². The average molecular weight is 367 g/mol. The van der Waals surface area contributed by atoms with Gasteiger partial charge >= 0.3 is 0 Å². The van der Waals surface area contributed by atoms with Gasteiger partial charge in [-0.25, -0.2) is 4.39 Å². The standard InChI is InChI=1S/C21H22FN3O2/c22-17-6-1-4-15(12-17)19-14-23-9-11-25(19)21(27)16-5-2-7-18(13-16)24-10-3-8-20(24)26/h1-2,4-7,12-13,19,23H,3,8-11,14H2. The second kappa shape index (κ2) is 7.48. The fourth-order valence-corrected chi connectivity index (χ4v) is 3.85. The first kappa shape index (κ1) is 17.7. The van der Waals surface area contributed by atoms with Crippen LogP contribution < -0.4 is 10.2 Å². The van der Waals surface area contributed by atoms with Crippen LogP contribution in [0.15, 0.2) is 48.5 Å². The lowest BCUT2D eigenvalue weighted by Crippen LogP contribution is -2.48. The lowest BCUT2D eigenvalue weighted by molar-refractivity contribution is -0.117. The Bertz CT molecular complexity index is 870. The van der Waals surface area contributed by atoms with E-state index in [-0.39, 0.29) is 23.7 Å². The zero-order valence-corrected chi connectivity index (χ0v) is 15.0. The van der Waals surface area contributed by atoms with Crippen LogP contribution >= 0.6 is 0 Å². The first-order valence-electron chi connectivity index (χ1n) is 9.31. The van der Waals surface area contributed by atoms with Crippen molar-refractivity contribution in [1.82, 2.24) is 10.2 Å². The van der Waals surface area contributed by atoms with Gasteiger partial charge in [0, 0.05) is 43.9 Å². The Hall–Kier alpha value is -2.73. The van der Waals surface area contributed by atoms with Gasteiger partial charge in [0.1, 0.15) is 5.82 Å². The van der Waals surface area contributed by atoms with Gasteiger partial charge in [-0.3, -0.25) is 9.59 Å². The molecule has 2 aromatic rings. The van der Waals surface area contributed by atoms with E-state index in [1.165, 1.54) is 12.1 Å². The predicted octanol–water partition coefficient (Wildman–Crippen LogP) is 2.74. The molecule has 1 N–H and O–H groups in total. The van der Waals surface area contributed by atoms with E-state index in [1.54, 1.807) is 28.0 Å². The SMILES string of the molecule is O=C1CCCN1c1cccc(C(=O)N2CCNCC2c2cccc(F)c2)c1. The van der Waals surface area contributed by atoms with Gasteiger partial charge in [-0.1, -0.05) is 18.2 Å². The van der Waals surface area contributed by atoms with E-state index < -0.39 is 0 Å². The molecular weight excluding hydrogens is 345 g/mol. The summed E-state index contributed by atoms with van der Waals surface area (Å²) in [5.41, 5.74) is 2.10. The van der Waals surface area contributed by atoms with Crippen molar-refractivity contribution in [2.24, 2.45) is 0 Å². The molecule has 2 aliphatic rings. The summed E-state index contributed by atoms with van der Waals surface area (Å²) in [7, 11) is 0. The monoisotopic (exact) mass is 367 g/mol. The van der Waals surface area contributed by atoms with Gasteiger partial charge in [-0.15, -0.1) is 0 Å². The highest BCUT2D eigenvalue weighted by Gasteiger charge is 2.29. The lowest BCUT2D eigenvalue weighted by atomic mass is 10.0. The van der Waals surface area contributed by atoms with E-state index in [9.17, 15) is 14.0 Å². The molecule has 0 bridgehead atoms. The summed E-state index contributed by atoms with van der Waals surface area (Å²) in [5, 5.41) is 3.28. The maximum absolute atomic E-state index is 13.7. The highest BCUT2D eigenvalue weighted by molar-refractivity contribution is 5.99. The molecule has 2 heterocycles. The number of carbonyl (C=O) groups is 2. The first-order valence-corrected chi connectivity index (χ1v) is 9.31. The predicted molar refractivity (Wildman–Crippen MR) is 101 cm³/mol. The Kier molecular flexibility index (Phi) is 4.90. The molecule has 0 radical (unpaired) electrons. The Morgan fingerprint density at radius 3 is 2.74 bits per heavy atom. The minimum absolute atomic E-state index is 0.0967. The van der Waals surface area contributed by atoms with Crippen LogP contribution in [0.25, 0.3) is 0 Å². The van der Waals surface area contributed by atoms with E-state index in [0.717, 1.165) is 17.7 Å². The molecule has 6 heteroatoms. The highest BCUT2D eigenvalue weighted by Crippen LogP contribution is 2.27. The second-order valence-electron chi connectivity index (χ2n) is 6.97. The molecule has 2 aliphatic heterocycles. The number of carbonyl (C=O) groups excluding carboxylic acids is 2. The van der Waals surface area contributed by atoms with Crippen molar-refractivity contribution >= 4 is 17.5 Å². The molecule has 0 aliphatic carbocycles. The molecule has 140 valence electrons. The summed E-state index contributed by atoms with van der Waals surface area (Å²) in [4.78, 5) is 28.8. The first-order chi connectivity index (χ1) is 13.1. The van der Waals surface area contributed by atoms with Crippen molar-refractivity contribution in [3.05, 3.63) is 65.5 Å². The van der Waals surface area contributed by atoms with Crippen molar-refractivity contribution < 1.29 is 14.0 Å². The fourth-order valence-electron chi connectivity index (χ4n) is 3.85. The number of anilines is 1. The van der Waals surface area contributed by atoms with Gasteiger partial charge in [0.15, 0.2) is 0 Å². The topological polar surface area (TPSA) is 52.7 Å². The summed E-state index contributed by atoms with van der Waals surface area (Å²) in [5.74, 6) is -0.307. The zero-order valence-electron chi connectivity index (χ0n) is 15.0. The number of amides is 2. The lowest BCUT2D eigenvalue weighted by Gasteiger charge is -2.36. The van der Waals surface area contributed by atoms with E-state index in [0.29, 0.717) is 38.2 Å². The van der Waals surface area contributed by atoms with Gasteiger partial charge in [-0.05, 0) is 42.3 Å². The third-order valence-corrected chi connectivity index (χ3v) is 5.22. The molecule has 0 saturated carbocycles. The van der Waals surface area contributed by atoms with E-state index in [1.807, 2.05) is 18.2 Å². The van der Waals surface area contributed by atoms with E-state index in [4.69, 9.17) is 0 Å². The molecular formula is C21H22FN3O2. The van der Waals surface area contributed by atoms with E-state index >= 15 is 0 Å². The van der Waals surface area contributed by atoms with E-state index in [2.05, 4.69) is 5.32 Å². The van der Waals surface area contributed by atoms with Crippen LogP contribution in [0, 0.1) is 5.82 Å². The van der Waals surface area contributed by atoms with Crippen molar-refractivity contribution in [3.63, 3.8) is 0 Å². The molecule has 2 saturated heterocycles. The number of nitrogens with one attached hydrogen (secondary N) is 1. The number of nitrogens with zero attached hydrogens (tertiary/aromatic N) is 2. The third kappa shape index (κ3) is 3.57. The van der Waals surface area contributed by atoms with Crippen molar-refractivity contribution in [1.29, 1.82) is 0 Å². The Labute approximate surface area is 157 Å². The van der Waals surface area contributed by atoms with Crippen molar-refractivity contribution in [2.45, 2.75) is 18.9 Å². The molecule has 4 rings (SSSR count). The molecule has 2 aromatic carbocycles. The Morgan fingerprint density at radius 2 is 1.96 bits per heavy atom. The summed E-state index contributed by atoms with van der Waals surface area (Å²) in [6.45, 7) is 2.52. The Morgan fingerprint density at radius 1 is 1.11 bits per heavy atom. The van der Waals surface area contributed by atoms with Crippen LogP contribution in [-0.4, -0.2) is 42.9 Å². The van der Waals surface area contributed by atoms with Gasteiger partial charge in [0.05, 0.1) is 6.04 Å². The third-order valence-electron chi connectivity index (χ3n) is 5.22. The maximum atomic E-state index is 13.7. The molecule has 0 spiro atoms. The smallest absolute Gasteiger partial charge is 0.254 e. The normalized spacial score (nSPS) is 20.2. The zero-order chi connectivity index (χ0) is 18.8. The summed E-state index contributed by atoms with van der Waals surface area (Å²) >= 11 is 0. The number of hydrogen-bond donors (Lipinski definition) is 1. The summed E-state index contributed by atoms with van der Waals surface area (Å²) in [6, 6.07) is 13.4. The number of hydrogen-bond acceptors (Lipinski definition) is 3. The molecule has 5 nitrogen and oxygen atoms in total. The van der Waals surface area contributed by atoms with Crippen LogP contribution in [0.2, 0.25) is 0 Å². The van der Waals surface area contributed by atoms with Crippen LogP contribution in [0.4, 0.5) is 10.1 Å². The molecule has 0 aromatic heterocycles. The van der Waals surface area contributed by atoms with Gasteiger partial charge in [0.2, 0.25) is 5.91 Å². The second-order valence-corrected chi connectivity index (χ2v) is 6.97. The van der Waals surface area contributed by atoms with Crippen molar-refractivity contribution in [3.8, 4) is 0 Å². The summed E-state index contributed by atoms with van der Waals surface area (Å²) in [6.07, 6.45) is 1.40. The number of halogens is 1. The van der Waals surface area contributed by atoms with Crippen LogP contribution in [0.3, 0.4) is 0 Å². The number of benzene rings is 2. The largest absolute Gasteiger partial charge is 0.329 e. The summed E-state index contributed by atoms with van der Waals surface area (Å²) < 4.78 is 13.7. The quantitative estimate of drug-likeness (QED) is 0.908. The number of rotatable bonds is 3. The molecule has 2 fully saturated rings. The van der Waals surface area contributed by atoms with Crippen LogP contribution in [0.5, 0.6) is 0 Å². The van der Waals surface area contributed by atoms with Gasteiger partial charge in [0.25, 0.3) is 5.91 Å². The average Bonchev–Trinajstić information content (AvgIpc) is 3.13. The minimum atomic E-state index is -0.306. The molecule has 27 heavy (non-hydrogen) atoms. The fraction of sp³-hybridized carbons (Fsp3) is 0.333. The molecule has 1 atom stereocenters.